The molecule has 0 fully saturated rings. The number of hydrogen-bond acceptors (Lipinski definition) is 4. The maximum atomic E-state index is 11.7. The lowest BCUT2D eigenvalue weighted by Crippen LogP contribution is -2.28. The van der Waals surface area contributed by atoms with E-state index in [1.807, 2.05) is 7.05 Å². The molecule has 0 spiro atoms. The molecular formula is C12H21N3O2S. The van der Waals surface area contributed by atoms with E-state index in [-0.39, 0.29) is 10.6 Å². The fourth-order valence-corrected chi connectivity index (χ4v) is 2.47. The number of rotatable bonds is 5. The van der Waals surface area contributed by atoms with Crippen LogP contribution in [0.1, 0.15) is 20.3 Å². The van der Waals surface area contributed by atoms with Crippen molar-refractivity contribution in [3.8, 4) is 0 Å². The molecule has 0 radical (unpaired) electrons. The molecule has 1 aromatic carbocycles. The predicted molar refractivity (Wildman–Crippen MR) is 75.3 cm³/mol. The van der Waals surface area contributed by atoms with Gasteiger partial charge in [0, 0.05) is 18.8 Å². The highest BCUT2D eigenvalue weighted by Gasteiger charge is 2.17. The Kier molecular flexibility index (Phi) is 4.59. The molecule has 3 N–H and O–H groups in total. The minimum Gasteiger partial charge on any atom is -0.398 e. The van der Waals surface area contributed by atoms with E-state index in [1.165, 1.54) is 13.1 Å². The molecule has 0 saturated carbocycles. The van der Waals surface area contributed by atoms with Crippen molar-refractivity contribution >= 4 is 21.4 Å². The third-order valence-electron chi connectivity index (χ3n) is 3.21. The summed E-state index contributed by atoms with van der Waals surface area (Å²) in [5.74, 6) is 0. The molecule has 18 heavy (non-hydrogen) atoms. The Bertz CT molecular complexity index is 514. The van der Waals surface area contributed by atoms with E-state index in [9.17, 15) is 8.42 Å². The first-order valence-corrected chi connectivity index (χ1v) is 7.37. The Hall–Kier alpha value is -1.27. The van der Waals surface area contributed by atoms with Crippen molar-refractivity contribution in [3.63, 3.8) is 0 Å². The highest BCUT2D eigenvalue weighted by molar-refractivity contribution is 7.89. The van der Waals surface area contributed by atoms with Crippen LogP contribution < -0.4 is 15.4 Å². The molecule has 1 atom stereocenters. The number of nitrogens with zero attached hydrogens (tertiary/aromatic N) is 1. The number of nitrogens with two attached hydrogens (primary N) is 1. The van der Waals surface area contributed by atoms with Gasteiger partial charge in [-0.3, -0.25) is 0 Å². The lowest BCUT2D eigenvalue weighted by molar-refractivity contribution is 0.588. The third-order valence-corrected chi connectivity index (χ3v) is 4.70. The second-order valence-corrected chi connectivity index (χ2v) is 6.15. The topological polar surface area (TPSA) is 75.4 Å². The van der Waals surface area contributed by atoms with Gasteiger partial charge in [-0.25, -0.2) is 13.1 Å². The zero-order valence-corrected chi connectivity index (χ0v) is 12.1. The summed E-state index contributed by atoms with van der Waals surface area (Å²) in [5, 5.41) is 0. The summed E-state index contributed by atoms with van der Waals surface area (Å²) < 4.78 is 25.6. The molecule has 0 aliphatic carbocycles. The zero-order valence-electron chi connectivity index (χ0n) is 11.3. The van der Waals surface area contributed by atoms with Gasteiger partial charge in [0.2, 0.25) is 10.0 Å². The van der Waals surface area contributed by atoms with Crippen LogP contribution in [-0.2, 0) is 10.0 Å². The van der Waals surface area contributed by atoms with Gasteiger partial charge in [0.25, 0.3) is 0 Å². The SMILES string of the molecule is CCC(C)N(C)c1ccc(S(=O)(=O)NC)c(N)c1. The summed E-state index contributed by atoms with van der Waals surface area (Å²) >= 11 is 0. The van der Waals surface area contributed by atoms with E-state index < -0.39 is 10.0 Å². The van der Waals surface area contributed by atoms with Gasteiger partial charge in [0.05, 0.1) is 5.69 Å². The van der Waals surface area contributed by atoms with E-state index in [0.29, 0.717) is 6.04 Å². The largest absolute Gasteiger partial charge is 0.398 e. The molecule has 0 aromatic heterocycles. The smallest absolute Gasteiger partial charge is 0.242 e. The molecule has 1 aromatic rings. The van der Waals surface area contributed by atoms with Crippen LogP contribution >= 0.6 is 0 Å². The molecule has 0 aliphatic heterocycles. The van der Waals surface area contributed by atoms with Gasteiger partial charge in [-0.15, -0.1) is 0 Å². The molecule has 0 bridgehead atoms. The number of benzene rings is 1. The summed E-state index contributed by atoms with van der Waals surface area (Å²) in [6.07, 6.45) is 1.01. The molecule has 1 unspecified atom stereocenters. The molecular weight excluding hydrogens is 250 g/mol. The summed E-state index contributed by atoms with van der Waals surface area (Å²) in [7, 11) is -0.154. The van der Waals surface area contributed by atoms with E-state index in [2.05, 4.69) is 23.5 Å². The number of hydrogen-bond donors (Lipinski definition) is 2. The van der Waals surface area contributed by atoms with Gasteiger partial charge in [0.15, 0.2) is 0 Å². The number of nitrogens with one attached hydrogen (secondary N) is 1. The highest BCUT2D eigenvalue weighted by Crippen LogP contribution is 2.25. The molecule has 5 nitrogen and oxygen atoms in total. The molecule has 0 amide bonds. The Labute approximate surface area is 109 Å². The molecule has 1 rings (SSSR count). The van der Waals surface area contributed by atoms with Crippen molar-refractivity contribution in [1.29, 1.82) is 0 Å². The van der Waals surface area contributed by atoms with Crippen LogP contribution in [0, 0.1) is 0 Å². The minimum atomic E-state index is -3.49. The zero-order chi connectivity index (χ0) is 13.9. The molecule has 0 heterocycles. The van der Waals surface area contributed by atoms with Gasteiger partial charge < -0.3 is 10.6 Å². The van der Waals surface area contributed by atoms with Crippen molar-refractivity contribution < 1.29 is 8.42 Å². The van der Waals surface area contributed by atoms with Gasteiger partial charge in [-0.1, -0.05) is 6.92 Å². The first-order valence-electron chi connectivity index (χ1n) is 5.89. The van der Waals surface area contributed by atoms with Crippen molar-refractivity contribution in [2.24, 2.45) is 0 Å². The normalized spacial score (nSPS) is 13.3. The standard InChI is InChI=1S/C12H21N3O2S/c1-5-9(2)15(4)10-6-7-12(11(13)8-10)18(16,17)14-3/h6-9,14H,5,13H2,1-4H3. The van der Waals surface area contributed by atoms with Crippen LogP contribution in [0.25, 0.3) is 0 Å². The summed E-state index contributed by atoms with van der Waals surface area (Å²) in [6.45, 7) is 4.21. The van der Waals surface area contributed by atoms with E-state index in [1.54, 1.807) is 12.1 Å². The van der Waals surface area contributed by atoms with Crippen molar-refractivity contribution in [2.75, 3.05) is 24.7 Å². The van der Waals surface area contributed by atoms with Crippen LogP contribution in [0.3, 0.4) is 0 Å². The summed E-state index contributed by atoms with van der Waals surface area (Å²) in [4.78, 5) is 2.19. The van der Waals surface area contributed by atoms with Gasteiger partial charge in [0.1, 0.15) is 4.90 Å². The summed E-state index contributed by atoms with van der Waals surface area (Å²) in [6, 6.07) is 5.37. The van der Waals surface area contributed by atoms with Crippen molar-refractivity contribution in [3.05, 3.63) is 18.2 Å². The predicted octanol–water partition coefficient (Wildman–Crippen LogP) is 1.41. The molecule has 102 valence electrons. The van der Waals surface area contributed by atoms with E-state index >= 15 is 0 Å². The van der Waals surface area contributed by atoms with Crippen molar-refractivity contribution in [1.82, 2.24) is 4.72 Å². The van der Waals surface area contributed by atoms with Crippen LogP contribution in [0.15, 0.2) is 23.1 Å². The van der Waals surface area contributed by atoms with Gasteiger partial charge in [-0.05, 0) is 38.6 Å². The average molecular weight is 271 g/mol. The molecule has 0 aliphatic rings. The fourth-order valence-electron chi connectivity index (χ4n) is 1.64. The van der Waals surface area contributed by atoms with Crippen LogP contribution in [0.5, 0.6) is 0 Å². The monoisotopic (exact) mass is 271 g/mol. The first kappa shape index (κ1) is 14.8. The number of sulfonamides is 1. The van der Waals surface area contributed by atoms with Crippen LogP contribution in [-0.4, -0.2) is 28.6 Å². The summed E-state index contributed by atoms with van der Waals surface area (Å²) in [5.41, 5.74) is 6.99. The number of anilines is 2. The first-order chi connectivity index (χ1) is 8.33. The highest BCUT2D eigenvalue weighted by atomic mass is 32.2. The van der Waals surface area contributed by atoms with Crippen LogP contribution in [0.2, 0.25) is 0 Å². The Balaban J connectivity index is 3.15. The molecule has 0 saturated heterocycles. The molecule has 6 heteroatoms. The Morgan fingerprint density at radius 3 is 2.50 bits per heavy atom. The van der Waals surface area contributed by atoms with Gasteiger partial charge >= 0.3 is 0 Å². The number of nitrogen functional groups attached to an aromatic ring is 1. The Morgan fingerprint density at radius 1 is 1.44 bits per heavy atom. The second kappa shape index (κ2) is 5.58. The lowest BCUT2D eigenvalue weighted by atomic mass is 10.2. The Morgan fingerprint density at radius 2 is 2.06 bits per heavy atom. The minimum absolute atomic E-state index is 0.117. The van der Waals surface area contributed by atoms with Crippen LogP contribution in [0.4, 0.5) is 11.4 Å². The maximum Gasteiger partial charge on any atom is 0.242 e. The lowest BCUT2D eigenvalue weighted by Gasteiger charge is -2.26. The second-order valence-electron chi connectivity index (χ2n) is 4.30. The third kappa shape index (κ3) is 2.94. The maximum absolute atomic E-state index is 11.7. The van der Waals surface area contributed by atoms with Gasteiger partial charge in [-0.2, -0.15) is 0 Å². The van der Waals surface area contributed by atoms with E-state index in [0.717, 1.165) is 12.1 Å². The quantitative estimate of drug-likeness (QED) is 0.794. The van der Waals surface area contributed by atoms with E-state index in [4.69, 9.17) is 5.73 Å². The fraction of sp³-hybridized carbons (Fsp3) is 0.500. The van der Waals surface area contributed by atoms with Crippen molar-refractivity contribution in [2.45, 2.75) is 31.2 Å². The average Bonchev–Trinajstić information content (AvgIpc) is 2.36.